The van der Waals surface area contributed by atoms with Crippen LogP contribution in [-0.4, -0.2) is 37.2 Å². The molecule has 0 aliphatic heterocycles. The molecule has 0 aromatic carbocycles. The quantitative estimate of drug-likeness (QED) is 0.0343. The van der Waals surface area contributed by atoms with Gasteiger partial charge in [-0.15, -0.1) is 0 Å². The lowest BCUT2D eigenvalue weighted by Gasteiger charge is -2.18. The first-order valence-corrected chi connectivity index (χ1v) is 30.2. The van der Waals surface area contributed by atoms with Crippen LogP contribution < -0.4 is 0 Å². The number of carbonyl (C=O) groups excluding carboxylic acids is 3. The highest BCUT2D eigenvalue weighted by molar-refractivity contribution is 5.71. The maximum atomic E-state index is 12.9. The molecule has 0 bridgehead atoms. The zero-order valence-corrected chi connectivity index (χ0v) is 46.2. The largest absolute Gasteiger partial charge is 0.462 e. The molecule has 398 valence electrons. The topological polar surface area (TPSA) is 78.9 Å². The molecule has 3 atom stereocenters. The summed E-state index contributed by atoms with van der Waals surface area (Å²) in [6, 6.07) is 0. The standard InChI is InChI=1S/C61H118O6/c1-7-56(5)48-42-36-30-24-17-13-9-11-15-19-26-32-38-44-50-59(62)65-53-58(54-66-60(63)51-45-39-33-27-22-21-23-29-35-41-47-55(3)4)67-61(64)52-46-40-34-28-20-16-12-10-14-18-25-31-37-43-49-57(6)8-2/h55-58H,7-54H2,1-6H3/t56?,57?,58-/m0/s1. The molecule has 0 saturated carbocycles. The minimum absolute atomic E-state index is 0.0633. The van der Waals surface area contributed by atoms with Gasteiger partial charge in [-0.3, -0.25) is 14.4 Å². The van der Waals surface area contributed by atoms with Gasteiger partial charge in [0.15, 0.2) is 6.10 Å². The molecule has 0 heterocycles. The Morgan fingerprint density at radius 2 is 0.522 bits per heavy atom. The maximum Gasteiger partial charge on any atom is 0.306 e. The van der Waals surface area contributed by atoms with Crippen LogP contribution >= 0.6 is 0 Å². The number of hydrogen-bond donors (Lipinski definition) is 0. The first-order valence-electron chi connectivity index (χ1n) is 30.2. The van der Waals surface area contributed by atoms with Crippen LogP contribution in [0.15, 0.2) is 0 Å². The molecule has 0 rings (SSSR count). The molecule has 0 fully saturated rings. The Kier molecular flexibility index (Phi) is 51.0. The second-order valence-electron chi connectivity index (χ2n) is 21.9. The molecule has 6 heteroatoms. The van der Waals surface area contributed by atoms with E-state index >= 15 is 0 Å². The van der Waals surface area contributed by atoms with Crippen molar-refractivity contribution in [2.45, 2.75) is 343 Å². The van der Waals surface area contributed by atoms with Crippen molar-refractivity contribution in [3.8, 4) is 0 Å². The summed E-state index contributed by atoms with van der Waals surface area (Å²) in [4.78, 5) is 38.2. The van der Waals surface area contributed by atoms with E-state index < -0.39 is 6.10 Å². The molecular weight excluding hydrogens is 829 g/mol. The number of unbranched alkanes of at least 4 members (excludes halogenated alkanes) is 35. The fourth-order valence-electron chi connectivity index (χ4n) is 9.29. The van der Waals surface area contributed by atoms with Crippen LogP contribution in [0.5, 0.6) is 0 Å². The van der Waals surface area contributed by atoms with Gasteiger partial charge >= 0.3 is 17.9 Å². The molecule has 0 amide bonds. The van der Waals surface area contributed by atoms with E-state index in [1.165, 1.54) is 218 Å². The number of esters is 3. The monoisotopic (exact) mass is 947 g/mol. The zero-order chi connectivity index (χ0) is 49.1. The van der Waals surface area contributed by atoms with E-state index in [-0.39, 0.29) is 31.1 Å². The van der Waals surface area contributed by atoms with Gasteiger partial charge in [-0.25, -0.2) is 0 Å². The highest BCUT2D eigenvalue weighted by Gasteiger charge is 2.19. The number of hydrogen-bond acceptors (Lipinski definition) is 6. The predicted molar refractivity (Wildman–Crippen MR) is 289 cm³/mol. The lowest BCUT2D eigenvalue weighted by Crippen LogP contribution is -2.30. The summed E-state index contributed by atoms with van der Waals surface area (Å²) in [6.07, 6.45) is 55.1. The van der Waals surface area contributed by atoms with Crippen molar-refractivity contribution in [3.63, 3.8) is 0 Å². The second-order valence-corrected chi connectivity index (χ2v) is 21.9. The van der Waals surface area contributed by atoms with E-state index in [2.05, 4.69) is 41.5 Å². The Balaban J connectivity index is 4.30. The van der Waals surface area contributed by atoms with Crippen LogP contribution in [0.1, 0.15) is 337 Å². The molecule has 0 N–H and O–H groups in total. The summed E-state index contributed by atoms with van der Waals surface area (Å²) in [5, 5.41) is 0. The minimum Gasteiger partial charge on any atom is -0.462 e. The van der Waals surface area contributed by atoms with Gasteiger partial charge < -0.3 is 14.2 Å². The summed E-state index contributed by atoms with van der Waals surface area (Å²) in [5.74, 6) is 1.77. The second kappa shape index (κ2) is 52.2. The fourth-order valence-corrected chi connectivity index (χ4v) is 9.29. The van der Waals surface area contributed by atoms with Gasteiger partial charge in [-0.2, -0.15) is 0 Å². The number of carbonyl (C=O) groups is 3. The van der Waals surface area contributed by atoms with Gasteiger partial charge in [0.25, 0.3) is 0 Å². The van der Waals surface area contributed by atoms with Crippen molar-refractivity contribution < 1.29 is 28.6 Å². The third-order valence-corrected chi connectivity index (χ3v) is 14.6. The van der Waals surface area contributed by atoms with Crippen LogP contribution in [0.2, 0.25) is 0 Å². The number of rotatable bonds is 54. The van der Waals surface area contributed by atoms with E-state index in [1.807, 2.05) is 0 Å². The van der Waals surface area contributed by atoms with Gasteiger partial charge in [0.1, 0.15) is 13.2 Å². The average Bonchev–Trinajstić information content (AvgIpc) is 3.31. The van der Waals surface area contributed by atoms with Crippen molar-refractivity contribution >= 4 is 17.9 Å². The lowest BCUT2D eigenvalue weighted by molar-refractivity contribution is -0.167. The Labute approximate surface area is 418 Å². The van der Waals surface area contributed by atoms with Gasteiger partial charge in [-0.05, 0) is 37.0 Å². The molecule has 6 nitrogen and oxygen atoms in total. The van der Waals surface area contributed by atoms with E-state index in [4.69, 9.17) is 14.2 Å². The first kappa shape index (κ1) is 65.4. The summed E-state index contributed by atoms with van der Waals surface area (Å²) < 4.78 is 16.9. The Bertz CT molecular complexity index is 1040. The van der Waals surface area contributed by atoms with E-state index in [0.717, 1.165) is 75.5 Å². The molecule has 2 unspecified atom stereocenters. The summed E-state index contributed by atoms with van der Waals surface area (Å²) >= 11 is 0. The SMILES string of the molecule is CCC(C)CCCCCCCCCCCCCCCCC(=O)OC[C@@H](COC(=O)CCCCCCCCCCCCC(C)C)OC(=O)CCCCCCCCCCCCCCCCC(C)CC. The molecule has 0 aliphatic rings. The van der Waals surface area contributed by atoms with Crippen molar-refractivity contribution in [2.24, 2.45) is 17.8 Å². The van der Waals surface area contributed by atoms with E-state index in [9.17, 15) is 14.4 Å². The molecule has 0 spiro atoms. The van der Waals surface area contributed by atoms with Crippen molar-refractivity contribution in [2.75, 3.05) is 13.2 Å². The van der Waals surface area contributed by atoms with E-state index in [1.54, 1.807) is 0 Å². The van der Waals surface area contributed by atoms with Gasteiger partial charge in [-0.1, -0.05) is 298 Å². The normalized spacial score (nSPS) is 12.9. The minimum atomic E-state index is -0.764. The molecule has 0 radical (unpaired) electrons. The van der Waals surface area contributed by atoms with Crippen molar-refractivity contribution in [1.29, 1.82) is 0 Å². The molecule has 0 aromatic heterocycles. The molecule has 0 aliphatic carbocycles. The highest BCUT2D eigenvalue weighted by atomic mass is 16.6. The highest BCUT2D eigenvalue weighted by Crippen LogP contribution is 2.19. The Hall–Kier alpha value is -1.59. The Morgan fingerprint density at radius 1 is 0.299 bits per heavy atom. The van der Waals surface area contributed by atoms with Crippen molar-refractivity contribution in [3.05, 3.63) is 0 Å². The smallest absolute Gasteiger partial charge is 0.306 e. The maximum absolute atomic E-state index is 12.9. The molecule has 67 heavy (non-hydrogen) atoms. The van der Waals surface area contributed by atoms with Gasteiger partial charge in [0.2, 0.25) is 0 Å². The molecular formula is C61H118O6. The average molecular weight is 948 g/mol. The predicted octanol–water partition coefficient (Wildman–Crippen LogP) is 19.9. The zero-order valence-electron chi connectivity index (χ0n) is 46.2. The third-order valence-electron chi connectivity index (χ3n) is 14.6. The lowest BCUT2D eigenvalue weighted by atomic mass is 9.99. The first-order chi connectivity index (χ1) is 32.7. The van der Waals surface area contributed by atoms with Crippen LogP contribution in [-0.2, 0) is 28.6 Å². The summed E-state index contributed by atoms with van der Waals surface area (Å²) in [6.45, 7) is 13.8. The van der Waals surface area contributed by atoms with Gasteiger partial charge in [0.05, 0.1) is 0 Å². The van der Waals surface area contributed by atoms with Crippen molar-refractivity contribution in [1.82, 2.24) is 0 Å². The number of ether oxygens (including phenoxy) is 3. The van der Waals surface area contributed by atoms with Crippen LogP contribution in [0, 0.1) is 17.8 Å². The summed E-state index contributed by atoms with van der Waals surface area (Å²) in [7, 11) is 0. The third kappa shape index (κ3) is 52.1. The Morgan fingerprint density at radius 3 is 0.776 bits per heavy atom. The molecule has 0 saturated heterocycles. The van der Waals surface area contributed by atoms with E-state index in [0.29, 0.717) is 19.3 Å². The van der Waals surface area contributed by atoms with Crippen LogP contribution in [0.4, 0.5) is 0 Å². The molecule has 0 aromatic rings. The van der Waals surface area contributed by atoms with Crippen LogP contribution in [0.3, 0.4) is 0 Å². The van der Waals surface area contributed by atoms with Gasteiger partial charge in [0, 0.05) is 19.3 Å². The van der Waals surface area contributed by atoms with Crippen LogP contribution in [0.25, 0.3) is 0 Å². The summed E-state index contributed by atoms with van der Waals surface area (Å²) in [5.41, 5.74) is 0. The fraction of sp³-hybridized carbons (Fsp3) is 0.951.